The first-order chi connectivity index (χ1) is 7.75. The van der Waals surface area contributed by atoms with Crippen molar-refractivity contribution in [1.29, 1.82) is 0 Å². The first kappa shape index (κ1) is 12.7. The summed E-state index contributed by atoms with van der Waals surface area (Å²) in [6.45, 7) is 1.52. The summed E-state index contributed by atoms with van der Waals surface area (Å²) in [4.78, 5) is 11.6. The van der Waals surface area contributed by atoms with Gasteiger partial charge in [-0.15, -0.1) is 0 Å². The molecule has 0 aliphatic heterocycles. The minimum Gasteiger partial charge on any atom is -0.394 e. The minimum absolute atomic E-state index is 0.0374. The Morgan fingerprint density at radius 2 is 2.38 bits per heavy atom. The smallest absolute Gasteiger partial charge is 0.267 e. The maximum absolute atomic E-state index is 11.6. The number of hydrogen-bond acceptors (Lipinski definition) is 3. The first-order valence-electron chi connectivity index (χ1n) is 5.34. The zero-order valence-electron chi connectivity index (χ0n) is 9.48. The van der Waals surface area contributed by atoms with Crippen molar-refractivity contribution >= 4 is 5.91 Å². The van der Waals surface area contributed by atoms with E-state index in [0.29, 0.717) is 25.5 Å². The van der Waals surface area contributed by atoms with Crippen molar-refractivity contribution in [2.45, 2.75) is 6.42 Å². The van der Waals surface area contributed by atoms with Gasteiger partial charge in [0.2, 0.25) is 0 Å². The van der Waals surface area contributed by atoms with Gasteiger partial charge in [-0.2, -0.15) is 0 Å². The number of nitrogens with zero attached hydrogens (tertiary/aromatic N) is 1. The zero-order chi connectivity index (χ0) is 11.8. The highest BCUT2D eigenvalue weighted by Crippen LogP contribution is 1.98. The molecule has 0 unspecified atom stereocenters. The largest absolute Gasteiger partial charge is 0.394 e. The third kappa shape index (κ3) is 4.04. The molecule has 2 N–H and O–H groups in total. The van der Waals surface area contributed by atoms with E-state index in [1.807, 2.05) is 19.3 Å². The lowest BCUT2D eigenvalue weighted by Gasteiger charge is -2.06. The van der Waals surface area contributed by atoms with Gasteiger partial charge in [-0.3, -0.25) is 4.79 Å². The summed E-state index contributed by atoms with van der Waals surface area (Å²) in [5.74, 6) is -0.0744. The van der Waals surface area contributed by atoms with Gasteiger partial charge in [0.25, 0.3) is 5.91 Å². The second-order valence-electron chi connectivity index (χ2n) is 3.45. The average molecular weight is 226 g/mol. The van der Waals surface area contributed by atoms with Gasteiger partial charge >= 0.3 is 0 Å². The van der Waals surface area contributed by atoms with Gasteiger partial charge in [0.05, 0.1) is 13.2 Å². The summed E-state index contributed by atoms with van der Waals surface area (Å²) in [5, 5.41) is 11.3. The Morgan fingerprint density at radius 3 is 3.00 bits per heavy atom. The van der Waals surface area contributed by atoms with Crippen molar-refractivity contribution in [3.05, 3.63) is 24.0 Å². The molecule has 0 saturated carbocycles. The maximum atomic E-state index is 11.6. The highest BCUT2D eigenvalue weighted by molar-refractivity contribution is 5.92. The lowest BCUT2D eigenvalue weighted by atomic mass is 10.3. The third-order valence-electron chi connectivity index (χ3n) is 2.16. The molecule has 0 radical (unpaired) electrons. The van der Waals surface area contributed by atoms with Crippen molar-refractivity contribution < 1.29 is 14.6 Å². The van der Waals surface area contributed by atoms with Gasteiger partial charge in [0.15, 0.2) is 0 Å². The standard InChI is InChI=1S/C11H18N2O3/c1-13-6-2-4-10(13)11(15)12-5-3-8-16-9-7-14/h2,4,6,14H,3,5,7-9H2,1H3,(H,12,15). The first-order valence-corrected chi connectivity index (χ1v) is 5.34. The van der Waals surface area contributed by atoms with Gasteiger partial charge in [-0.1, -0.05) is 0 Å². The second-order valence-corrected chi connectivity index (χ2v) is 3.45. The molecule has 1 rings (SSSR count). The number of aryl methyl sites for hydroxylation is 1. The molecule has 0 atom stereocenters. The number of carbonyl (C=O) groups excluding carboxylic acids is 1. The van der Waals surface area contributed by atoms with Crippen LogP contribution in [0.3, 0.4) is 0 Å². The molecule has 5 heteroatoms. The van der Waals surface area contributed by atoms with Crippen LogP contribution < -0.4 is 5.32 Å². The molecule has 1 amide bonds. The molecule has 0 saturated heterocycles. The Balaban J connectivity index is 2.14. The molecule has 16 heavy (non-hydrogen) atoms. The Kier molecular flexibility index (Phi) is 5.60. The summed E-state index contributed by atoms with van der Waals surface area (Å²) < 4.78 is 6.85. The zero-order valence-corrected chi connectivity index (χ0v) is 9.48. The normalized spacial score (nSPS) is 10.4. The van der Waals surface area contributed by atoms with Crippen molar-refractivity contribution in [2.75, 3.05) is 26.4 Å². The molecule has 90 valence electrons. The molecule has 1 heterocycles. The molecule has 0 aliphatic rings. The maximum Gasteiger partial charge on any atom is 0.267 e. The number of aliphatic hydroxyl groups excluding tert-OH is 1. The number of carbonyl (C=O) groups is 1. The van der Waals surface area contributed by atoms with Crippen LogP contribution in [0, 0.1) is 0 Å². The lowest BCUT2D eigenvalue weighted by Crippen LogP contribution is -2.27. The van der Waals surface area contributed by atoms with Gasteiger partial charge in [0.1, 0.15) is 5.69 Å². The van der Waals surface area contributed by atoms with Crippen molar-refractivity contribution in [3.63, 3.8) is 0 Å². The van der Waals surface area contributed by atoms with Gasteiger partial charge < -0.3 is 19.7 Å². The van der Waals surface area contributed by atoms with Crippen LogP contribution >= 0.6 is 0 Å². The van der Waals surface area contributed by atoms with Crippen LogP contribution in [0.5, 0.6) is 0 Å². The van der Waals surface area contributed by atoms with Crippen molar-refractivity contribution in [1.82, 2.24) is 9.88 Å². The van der Waals surface area contributed by atoms with Crippen LogP contribution in [0.4, 0.5) is 0 Å². The van der Waals surface area contributed by atoms with E-state index in [1.54, 1.807) is 10.6 Å². The Labute approximate surface area is 95.0 Å². The van der Waals surface area contributed by atoms with Crippen LogP contribution in [-0.2, 0) is 11.8 Å². The third-order valence-corrected chi connectivity index (χ3v) is 2.16. The summed E-state index contributed by atoms with van der Waals surface area (Å²) in [5.41, 5.74) is 0.649. The summed E-state index contributed by atoms with van der Waals surface area (Å²) in [7, 11) is 1.83. The van der Waals surface area contributed by atoms with Crippen LogP contribution in [-0.4, -0.2) is 41.9 Å². The molecular weight excluding hydrogens is 208 g/mol. The number of aliphatic hydroxyl groups is 1. The van der Waals surface area contributed by atoms with E-state index < -0.39 is 0 Å². The summed E-state index contributed by atoms with van der Waals surface area (Å²) >= 11 is 0. The molecule has 0 fully saturated rings. The number of hydrogen-bond donors (Lipinski definition) is 2. The van der Waals surface area contributed by atoms with Crippen LogP contribution in [0.25, 0.3) is 0 Å². The number of nitrogens with one attached hydrogen (secondary N) is 1. The minimum atomic E-state index is -0.0744. The van der Waals surface area contributed by atoms with Crippen molar-refractivity contribution in [2.24, 2.45) is 7.05 Å². The second kappa shape index (κ2) is 7.03. The van der Waals surface area contributed by atoms with Gasteiger partial charge in [-0.05, 0) is 18.6 Å². The monoisotopic (exact) mass is 226 g/mol. The van der Waals surface area contributed by atoms with E-state index in [4.69, 9.17) is 9.84 Å². The molecule has 1 aromatic rings. The fraction of sp³-hybridized carbons (Fsp3) is 0.545. The van der Waals surface area contributed by atoms with E-state index in [0.717, 1.165) is 6.42 Å². The molecule has 1 aromatic heterocycles. The van der Waals surface area contributed by atoms with Crippen LogP contribution in [0.15, 0.2) is 18.3 Å². The predicted octanol–water partition coefficient (Wildman–Crippen LogP) is 0.154. The van der Waals surface area contributed by atoms with Gasteiger partial charge in [0, 0.05) is 26.4 Å². The van der Waals surface area contributed by atoms with E-state index in [2.05, 4.69) is 5.32 Å². The number of amides is 1. The number of ether oxygens (including phenoxy) is 1. The van der Waals surface area contributed by atoms with E-state index in [-0.39, 0.29) is 12.5 Å². The Bertz CT molecular complexity index is 323. The lowest BCUT2D eigenvalue weighted by molar-refractivity contribution is 0.0864. The van der Waals surface area contributed by atoms with Crippen LogP contribution in [0.2, 0.25) is 0 Å². The molecular formula is C11H18N2O3. The molecule has 0 aromatic carbocycles. The predicted molar refractivity (Wildman–Crippen MR) is 60.3 cm³/mol. The Morgan fingerprint density at radius 1 is 1.56 bits per heavy atom. The molecule has 5 nitrogen and oxygen atoms in total. The summed E-state index contributed by atoms with van der Waals surface area (Å²) in [6, 6.07) is 3.61. The van der Waals surface area contributed by atoms with E-state index >= 15 is 0 Å². The number of rotatable bonds is 7. The van der Waals surface area contributed by atoms with Crippen molar-refractivity contribution in [3.8, 4) is 0 Å². The topological polar surface area (TPSA) is 63.5 Å². The summed E-state index contributed by atoms with van der Waals surface area (Å²) in [6.07, 6.45) is 2.58. The van der Waals surface area contributed by atoms with E-state index in [1.165, 1.54) is 0 Å². The van der Waals surface area contributed by atoms with Gasteiger partial charge in [-0.25, -0.2) is 0 Å². The Hall–Kier alpha value is -1.33. The average Bonchev–Trinajstić information content (AvgIpc) is 2.69. The molecule has 0 bridgehead atoms. The fourth-order valence-electron chi connectivity index (χ4n) is 1.33. The molecule has 0 spiro atoms. The molecule has 0 aliphatic carbocycles. The highest BCUT2D eigenvalue weighted by Gasteiger charge is 2.06. The highest BCUT2D eigenvalue weighted by atomic mass is 16.5. The SMILES string of the molecule is Cn1cccc1C(=O)NCCCOCCO. The van der Waals surface area contributed by atoms with E-state index in [9.17, 15) is 4.79 Å². The fourth-order valence-corrected chi connectivity index (χ4v) is 1.33. The number of aromatic nitrogens is 1. The van der Waals surface area contributed by atoms with Crippen LogP contribution in [0.1, 0.15) is 16.9 Å². The quantitative estimate of drug-likeness (QED) is 0.651.